The minimum Gasteiger partial charge on any atom is -0.493 e. The molecule has 4 rings (SSSR count). The zero-order valence-electron chi connectivity index (χ0n) is 17.8. The van der Waals surface area contributed by atoms with E-state index < -0.39 is 17.1 Å². The maximum atomic E-state index is 13.0. The molecule has 0 spiro atoms. The second kappa shape index (κ2) is 9.28. The summed E-state index contributed by atoms with van der Waals surface area (Å²) in [6.07, 6.45) is 1.68. The monoisotopic (exact) mass is 446 g/mol. The van der Waals surface area contributed by atoms with E-state index in [1.54, 1.807) is 12.1 Å². The topological polar surface area (TPSA) is 75.7 Å². The number of fused-ring (bicyclic) bond motifs is 1. The van der Waals surface area contributed by atoms with E-state index in [-0.39, 0.29) is 11.4 Å². The Morgan fingerprint density at radius 3 is 2.59 bits per heavy atom. The second-order valence-electron chi connectivity index (χ2n) is 7.26. The van der Waals surface area contributed by atoms with E-state index in [0.29, 0.717) is 18.0 Å². The number of benzene rings is 3. The third-order valence-electron chi connectivity index (χ3n) is 5.10. The first-order chi connectivity index (χ1) is 15.5. The van der Waals surface area contributed by atoms with Crippen molar-refractivity contribution in [3.8, 4) is 5.75 Å². The number of carbonyl (C=O) groups is 3. The molecule has 1 heterocycles. The molecule has 3 aromatic rings. The fourth-order valence-corrected chi connectivity index (χ4v) is 4.34. The van der Waals surface area contributed by atoms with Crippen LogP contribution in [-0.2, 0) is 9.59 Å². The highest BCUT2D eigenvalue weighted by molar-refractivity contribution is 8.18. The molecule has 3 amide bonds. The van der Waals surface area contributed by atoms with Gasteiger partial charge in [-0.1, -0.05) is 48.5 Å². The van der Waals surface area contributed by atoms with Crippen molar-refractivity contribution in [3.63, 3.8) is 0 Å². The van der Waals surface area contributed by atoms with Crippen molar-refractivity contribution in [1.29, 1.82) is 0 Å². The van der Waals surface area contributed by atoms with Gasteiger partial charge >= 0.3 is 0 Å². The van der Waals surface area contributed by atoms with Crippen LogP contribution in [0.2, 0.25) is 0 Å². The van der Waals surface area contributed by atoms with Crippen LogP contribution >= 0.6 is 11.8 Å². The molecule has 1 saturated heterocycles. The lowest BCUT2D eigenvalue weighted by Gasteiger charge is -2.14. The van der Waals surface area contributed by atoms with E-state index >= 15 is 0 Å². The van der Waals surface area contributed by atoms with Crippen LogP contribution < -0.4 is 10.1 Å². The quantitative estimate of drug-likeness (QED) is 0.525. The minimum atomic E-state index is -0.490. The molecule has 7 heteroatoms. The molecule has 0 atom stereocenters. The van der Waals surface area contributed by atoms with Crippen LogP contribution in [0.15, 0.2) is 65.6 Å². The van der Waals surface area contributed by atoms with Crippen LogP contribution in [0.3, 0.4) is 0 Å². The average molecular weight is 447 g/mol. The number of nitrogens with one attached hydrogen (secondary N) is 1. The number of hydrogen-bond donors (Lipinski definition) is 1. The highest BCUT2D eigenvalue weighted by Crippen LogP contribution is 2.36. The standard InChI is InChI=1S/C25H22N2O4S/c1-3-31-21-13-12-17-9-5-6-10-18(17)19(21)14-22-24(29)27(25(30)32-22)15-23(28)26-20-11-7-4-8-16(20)2/h4-14H,3,15H2,1-2H3,(H,26,28)/b22-14+. The van der Waals surface area contributed by atoms with Crippen molar-refractivity contribution < 1.29 is 19.1 Å². The summed E-state index contributed by atoms with van der Waals surface area (Å²) in [7, 11) is 0. The highest BCUT2D eigenvalue weighted by Gasteiger charge is 2.36. The van der Waals surface area contributed by atoms with Crippen LogP contribution in [0.5, 0.6) is 5.75 Å². The SMILES string of the molecule is CCOc1ccc2ccccc2c1/C=C1/SC(=O)N(CC(=O)Nc2ccccc2C)C1=O. The van der Waals surface area contributed by atoms with Crippen LogP contribution in [0.25, 0.3) is 16.8 Å². The predicted molar refractivity (Wildman–Crippen MR) is 128 cm³/mol. The summed E-state index contributed by atoms with van der Waals surface area (Å²) in [5.41, 5.74) is 2.28. The summed E-state index contributed by atoms with van der Waals surface area (Å²) in [5, 5.41) is 4.20. The molecule has 162 valence electrons. The maximum Gasteiger partial charge on any atom is 0.294 e. The van der Waals surface area contributed by atoms with E-state index in [9.17, 15) is 14.4 Å². The number of para-hydroxylation sites is 1. The summed E-state index contributed by atoms with van der Waals surface area (Å²) in [6, 6.07) is 18.9. The lowest BCUT2D eigenvalue weighted by Crippen LogP contribution is -2.36. The van der Waals surface area contributed by atoms with Crippen LogP contribution in [-0.4, -0.2) is 35.1 Å². The van der Waals surface area contributed by atoms with E-state index in [1.165, 1.54) is 0 Å². The van der Waals surface area contributed by atoms with Gasteiger partial charge in [-0.25, -0.2) is 0 Å². The van der Waals surface area contributed by atoms with Gasteiger partial charge in [0.05, 0.1) is 11.5 Å². The fourth-order valence-electron chi connectivity index (χ4n) is 3.52. The Morgan fingerprint density at radius 2 is 1.81 bits per heavy atom. The normalized spacial score (nSPS) is 14.9. The molecule has 0 aromatic heterocycles. The smallest absolute Gasteiger partial charge is 0.294 e. The molecule has 6 nitrogen and oxygen atoms in total. The van der Waals surface area contributed by atoms with Gasteiger partial charge in [0.1, 0.15) is 12.3 Å². The van der Waals surface area contributed by atoms with E-state index in [1.807, 2.05) is 68.4 Å². The molecule has 0 unspecified atom stereocenters. The number of rotatable bonds is 6. The Morgan fingerprint density at radius 1 is 1.06 bits per heavy atom. The fraction of sp³-hybridized carbons (Fsp3) is 0.160. The molecule has 0 saturated carbocycles. The Labute approximate surface area is 190 Å². The summed E-state index contributed by atoms with van der Waals surface area (Å²) >= 11 is 0.826. The first kappa shape index (κ1) is 21.6. The first-order valence-corrected chi connectivity index (χ1v) is 11.0. The number of thioether (sulfide) groups is 1. The summed E-state index contributed by atoms with van der Waals surface area (Å²) in [6.45, 7) is 3.89. The molecule has 1 N–H and O–H groups in total. The number of hydrogen-bond acceptors (Lipinski definition) is 5. The van der Waals surface area contributed by atoms with Crippen molar-refractivity contribution in [2.45, 2.75) is 13.8 Å². The van der Waals surface area contributed by atoms with Gasteiger partial charge in [-0.2, -0.15) is 0 Å². The predicted octanol–water partition coefficient (Wildman–Crippen LogP) is 5.22. The van der Waals surface area contributed by atoms with Crippen molar-refractivity contribution in [2.24, 2.45) is 0 Å². The third kappa shape index (κ3) is 4.38. The van der Waals surface area contributed by atoms with Gasteiger partial charge in [0, 0.05) is 11.3 Å². The van der Waals surface area contributed by atoms with Gasteiger partial charge in [0.25, 0.3) is 11.1 Å². The van der Waals surface area contributed by atoms with Gasteiger partial charge in [0.15, 0.2) is 0 Å². The molecule has 1 aliphatic rings. The van der Waals surface area contributed by atoms with Gasteiger partial charge in [-0.15, -0.1) is 0 Å². The largest absolute Gasteiger partial charge is 0.493 e. The molecule has 0 bridgehead atoms. The van der Waals surface area contributed by atoms with Crippen molar-refractivity contribution in [3.05, 3.63) is 76.7 Å². The molecular weight excluding hydrogens is 424 g/mol. The lowest BCUT2D eigenvalue weighted by atomic mass is 10.0. The Balaban J connectivity index is 1.60. The second-order valence-corrected chi connectivity index (χ2v) is 8.26. The van der Waals surface area contributed by atoms with E-state index in [0.717, 1.165) is 38.6 Å². The van der Waals surface area contributed by atoms with Gasteiger partial charge < -0.3 is 10.1 Å². The van der Waals surface area contributed by atoms with Crippen LogP contribution in [0.4, 0.5) is 10.5 Å². The Hall–Kier alpha value is -3.58. The average Bonchev–Trinajstić information content (AvgIpc) is 3.04. The van der Waals surface area contributed by atoms with Gasteiger partial charge in [-0.3, -0.25) is 19.3 Å². The third-order valence-corrected chi connectivity index (χ3v) is 6.01. The summed E-state index contributed by atoms with van der Waals surface area (Å²) in [4.78, 5) is 39.2. The summed E-state index contributed by atoms with van der Waals surface area (Å²) in [5.74, 6) is -0.284. The Kier molecular flexibility index (Phi) is 6.28. The number of imide groups is 1. The number of carbonyl (C=O) groups excluding carboxylic acids is 3. The van der Waals surface area contributed by atoms with E-state index in [2.05, 4.69) is 5.32 Å². The molecule has 3 aromatic carbocycles. The van der Waals surface area contributed by atoms with Gasteiger partial charge in [-0.05, 0) is 60.2 Å². The minimum absolute atomic E-state index is 0.260. The molecule has 1 fully saturated rings. The molecule has 32 heavy (non-hydrogen) atoms. The van der Waals surface area contributed by atoms with Crippen molar-refractivity contribution in [1.82, 2.24) is 4.90 Å². The Bertz CT molecular complexity index is 1250. The number of ether oxygens (including phenoxy) is 1. The number of nitrogens with zero attached hydrogens (tertiary/aromatic N) is 1. The number of anilines is 1. The number of aryl methyl sites for hydroxylation is 1. The van der Waals surface area contributed by atoms with Gasteiger partial charge in [0.2, 0.25) is 5.91 Å². The first-order valence-electron chi connectivity index (χ1n) is 10.2. The zero-order chi connectivity index (χ0) is 22.7. The summed E-state index contributed by atoms with van der Waals surface area (Å²) < 4.78 is 5.76. The zero-order valence-corrected chi connectivity index (χ0v) is 18.6. The molecule has 1 aliphatic heterocycles. The van der Waals surface area contributed by atoms with E-state index in [4.69, 9.17) is 4.74 Å². The molecule has 0 aliphatic carbocycles. The number of amides is 3. The van der Waals surface area contributed by atoms with Crippen molar-refractivity contribution in [2.75, 3.05) is 18.5 Å². The van der Waals surface area contributed by atoms with Crippen LogP contribution in [0, 0.1) is 6.92 Å². The molecule has 0 radical (unpaired) electrons. The van der Waals surface area contributed by atoms with Crippen molar-refractivity contribution >= 4 is 51.4 Å². The highest BCUT2D eigenvalue weighted by atomic mass is 32.2. The molecular formula is C25H22N2O4S. The maximum absolute atomic E-state index is 13.0. The van der Waals surface area contributed by atoms with Crippen LogP contribution in [0.1, 0.15) is 18.1 Å². The lowest BCUT2D eigenvalue weighted by molar-refractivity contribution is -0.127.